The fourth-order valence-electron chi connectivity index (χ4n) is 2.22. The van der Waals surface area contributed by atoms with Crippen molar-refractivity contribution in [2.75, 3.05) is 20.1 Å². The third-order valence-corrected chi connectivity index (χ3v) is 3.39. The Kier molecular flexibility index (Phi) is 4.93. The van der Waals surface area contributed by atoms with E-state index in [0.717, 1.165) is 25.8 Å². The summed E-state index contributed by atoms with van der Waals surface area (Å²) >= 11 is 0. The highest BCUT2D eigenvalue weighted by atomic mass is 16.2. The van der Waals surface area contributed by atoms with Crippen LogP contribution in [-0.4, -0.2) is 53.8 Å². The van der Waals surface area contributed by atoms with E-state index in [9.17, 15) is 9.59 Å². The lowest BCUT2D eigenvalue weighted by molar-refractivity contribution is -0.141. The third-order valence-electron chi connectivity index (χ3n) is 3.39. The number of piperidine rings is 1. The molecule has 2 N–H and O–H groups in total. The highest BCUT2D eigenvalue weighted by molar-refractivity contribution is 5.84. The first kappa shape index (κ1) is 14.0. The molecule has 2 atom stereocenters. The molecule has 1 aliphatic heterocycles. The first-order valence-electron chi connectivity index (χ1n) is 6.20. The molecular weight excluding hydrogens is 218 g/mol. The molecule has 1 saturated heterocycles. The molecule has 0 aliphatic carbocycles. The second-order valence-corrected chi connectivity index (χ2v) is 4.88. The van der Waals surface area contributed by atoms with E-state index >= 15 is 0 Å². The molecule has 98 valence electrons. The third kappa shape index (κ3) is 3.70. The van der Waals surface area contributed by atoms with Crippen molar-refractivity contribution in [2.45, 2.75) is 45.2 Å². The van der Waals surface area contributed by atoms with Crippen LogP contribution in [0.2, 0.25) is 0 Å². The number of likely N-dealkylation sites (tertiary alicyclic amines) is 1. The van der Waals surface area contributed by atoms with Crippen LogP contribution in [0.4, 0.5) is 0 Å². The van der Waals surface area contributed by atoms with Crippen molar-refractivity contribution < 1.29 is 9.59 Å². The van der Waals surface area contributed by atoms with Gasteiger partial charge in [0.1, 0.15) is 0 Å². The number of hydrogen-bond acceptors (Lipinski definition) is 3. The van der Waals surface area contributed by atoms with Gasteiger partial charge in [-0.3, -0.25) is 9.59 Å². The van der Waals surface area contributed by atoms with Gasteiger partial charge in [-0.05, 0) is 26.2 Å². The number of nitrogens with zero attached hydrogens (tertiary/aromatic N) is 2. The van der Waals surface area contributed by atoms with E-state index in [-0.39, 0.29) is 30.4 Å². The number of rotatable bonds is 3. The molecule has 0 aromatic carbocycles. The number of likely N-dealkylation sites (N-methyl/N-ethyl adjacent to an activating group) is 1. The van der Waals surface area contributed by atoms with Crippen LogP contribution in [0, 0.1) is 0 Å². The number of carbonyl (C=O) groups is 2. The predicted molar refractivity (Wildman–Crippen MR) is 66.3 cm³/mol. The molecule has 0 aromatic rings. The number of carbonyl (C=O) groups excluding carboxylic acids is 2. The minimum atomic E-state index is -0.0901. The van der Waals surface area contributed by atoms with E-state index in [1.165, 1.54) is 11.8 Å². The zero-order chi connectivity index (χ0) is 13.0. The van der Waals surface area contributed by atoms with Crippen LogP contribution >= 0.6 is 0 Å². The summed E-state index contributed by atoms with van der Waals surface area (Å²) in [5.74, 6) is -0.0857. The van der Waals surface area contributed by atoms with E-state index in [4.69, 9.17) is 5.73 Å². The fourth-order valence-corrected chi connectivity index (χ4v) is 2.22. The summed E-state index contributed by atoms with van der Waals surface area (Å²) in [5.41, 5.74) is 5.91. The SMILES string of the molecule is CC(=O)N(C)CC(=O)N1CCCCC1C(C)N. The Morgan fingerprint density at radius 2 is 2.12 bits per heavy atom. The zero-order valence-corrected chi connectivity index (χ0v) is 11.0. The van der Waals surface area contributed by atoms with Crippen molar-refractivity contribution in [3.63, 3.8) is 0 Å². The summed E-state index contributed by atoms with van der Waals surface area (Å²) < 4.78 is 0. The average Bonchev–Trinajstić information content (AvgIpc) is 2.28. The van der Waals surface area contributed by atoms with Gasteiger partial charge in [0.2, 0.25) is 11.8 Å². The van der Waals surface area contributed by atoms with Crippen molar-refractivity contribution in [3.8, 4) is 0 Å². The van der Waals surface area contributed by atoms with Gasteiger partial charge < -0.3 is 15.5 Å². The molecule has 1 rings (SSSR count). The Balaban J connectivity index is 2.62. The molecule has 1 aliphatic rings. The zero-order valence-electron chi connectivity index (χ0n) is 11.0. The Morgan fingerprint density at radius 3 is 2.65 bits per heavy atom. The van der Waals surface area contributed by atoms with Crippen LogP contribution in [0.5, 0.6) is 0 Å². The molecule has 0 saturated carbocycles. The van der Waals surface area contributed by atoms with E-state index in [0.29, 0.717) is 0 Å². The molecule has 0 bridgehead atoms. The normalized spacial score (nSPS) is 22.1. The van der Waals surface area contributed by atoms with Gasteiger partial charge in [-0.25, -0.2) is 0 Å². The first-order chi connectivity index (χ1) is 7.93. The quantitative estimate of drug-likeness (QED) is 0.767. The van der Waals surface area contributed by atoms with E-state index in [2.05, 4.69) is 0 Å². The Morgan fingerprint density at radius 1 is 1.47 bits per heavy atom. The smallest absolute Gasteiger partial charge is 0.242 e. The monoisotopic (exact) mass is 241 g/mol. The second kappa shape index (κ2) is 6.00. The van der Waals surface area contributed by atoms with Crippen LogP contribution in [0.1, 0.15) is 33.1 Å². The Hall–Kier alpha value is -1.10. The van der Waals surface area contributed by atoms with Gasteiger partial charge in [-0.15, -0.1) is 0 Å². The van der Waals surface area contributed by atoms with Crippen LogP contribution in [0.15, 0.2) is 0 Å². The maximum atomic E-state index is 12.1. The van der Waals surface area contributed by atoms with Crippen molar-refractivity contribution in [3.05, 3.63) is 0 Å². The lowest BCUT2D eigenvalue weighted by atomic mass is 9.97. The topological polar surface area (TPSA) is 66.6 Å². The lowest BCUT2D eigenvalue weighted by Gasteiger charge is -2.38. The molecule has 17 heavy (non-hydrogen) atoms. The lowest BCUT2D eigenvalue weighted by Crippen LogP contribution is -2.54. The fraction of sp³-hybridized carbons (Fsp3) is 0.833. The largest absolute Gasteiger partial charge is 0.337 e. The summed E-state index contributed by atoms with van der Waals surface area (Å²) in [4.78, 5) is 26.5. The Labute approximate surface area is 103 Å². The van der Waals surface area contributed by atoms with Crippen LogP contribution in [-0.2, 0) is 9.59 Å². The van der Waals surface area contributed by atoms with Crippen molar-refractivity contribution >= 4 is 11.8 Å². The molecule has 0 spiro atoms. The number of hydrogen-bond donors (Lipinski definition) is 1. The molecule has 5 heteroatoms. The van der Waals surface area contributed by atoms with Gasteiger partial charge in [0.15, 0.2) is 0 Å². The Bertz CT molecular complexity index is 291. The highest BCUT2D eigenvalue weighted by Gasteiger charge is 2.29. The predicted octanol–water partition coefficient (Wildman–Crippen LogP) is 0.193. The summed E-state index contributed by atoms with van der Waals surface area (Å²) in [6.07, 6.45) is 3.12. The highest BCUT2D eigenvalue weighted by Crippen LogP contribution is 2.19. The molecular formula is C12H23N3O2. The maximum absolute atomic E-state index is 12.1. The maximum Gasteiger partial charge on any atom is 0.242 e. The van der Waals surface area contributed by atoms with Gasteiger partial charge in [0, 0.05) is 32.6 Å². The summed E-state index contributed by atoms with van der Waals surface area (Å²) in [6, 6.07) is 0.110. The van der Waals surface area contributed by atoms with Crippen molar-refractivity contribution in [1.29, 1.82) is 0 Å². The molecule has 5 nitrogen and oxygen atoms in total. The van der Waals surface area contributed by atoms with Crippen molar-refractivity contribution in [1.82, 2.24) is 9.80 Å². The van der Waals surface area contributed by atoms with E-state index < -0.39 is 0 Å². The second-order valence-electron chi connectivity index (χ2n) is 4.88. The van der Waals surface area contributed by atoms with Gasteiger partial charge >= 0.3 is 0 Å². The number of nitrogens with two attached hydrogens (primary N) is 1. The molecule has 0 radical (unpaired) electrons. The standard InChI is InChI=1S/C12H23N3O2/c1-9(13)11-6-4-5-7-15(11)12(17)8-14(3)10(2)16/h9,11H,4-8,13H2,1-3H3. The minimum absolute atomic E-state index is 0.00435. The van der Waals surface area contributed by atoms with Gasteiger partial charge in [0.05, 0.1) is 6.54 Å². The molecule has 2 unspecified atom stereocenters. The summed E-state index contributed by atoms with van der Waals surface area (Å²) in [6.45, 7) is 4.31. The molecule has 1 heterocycles. The van der Waals surface area contributed by atoms with E-state index in [1.807, 2.05) is 11.8 Å². The summed E-state index contributed by atoms with van der Waals surface area (Å²) in [7, 11) is 1.64. The summed E-state index contributed by atoms with van der Waals surface area (Å²) in [5, 5.41) is 0. The minimum Gasteiger partial charge on any atom is -0.337 e. The van der Waals surface area contributed by atoms with Gasteiger partial charge in [-0.2, -0.15) is 0 Å². The van der Waals surface area contributed by atoms with Gasteiger partial charge in [0.25, 0.3) is 0 Å². The van der Waals surface area contributed by atoms with Crippen LogP contribution in [0.3, 0.4) is 0 Å². The molecule has 2 amide bonds. The number of amides is 2. The van der Waals surface area contributed by atoms with Gasteiger partial charge in [-0.1, -0.05) is 0 Å². The van der Waals surface area contributed by atoms with Crippen LogP contribution < -0.4 is 5.73 Å². The first-order valence-corrected chi connectivity index (χ1v) is 6.20. The molecule has 1 fully saturated rings. The average molecular weight is 241 g/mol. The van der Waals surface area contributed by atoms with Crippen LogP contribution in [0.25, 0.3) is 0 Å². The van der Waals surface area contributed by atoms with E-state index in [1.54, 1.807) is 7.05 Å². The molecule has 0 aromatic heterocycles. The van der Waals surface area contributed by atoms with Crippen molar-refractivity contribution in [2.24, 2.45) is 5.73 Å².